The van der Waals surface area contributed by atoms with E-state index in [2.05, 4.69) is 27.0 Å². The van der Waals surface area contributed by atoms with E-state index < -0.39 is 0 Å². The van der Waals surface area contributed by atoms with Crippen molar-refractivity contribution in [2.45, 2.75) is 19.0 Å². The Balaban J connectivity index is 1.86. The van der Waals surface area contributed by atoms with Crippen LogP contribution in [0.3, 0.4) is 0 Å². The fourth-order valence-corrected chi connectivity index (χ4v) is 2.99. The van der Waals surface area contributed by atoms with E-state index in [9.17, 15) is 5.11 Å². The highest BCUT2D eigenvalue weighted by Gasteiger charge is 2.18. The molecule has 2 aromatic carbocycles. The SMILES string of the molecule is CN(Cc1nc(N)c2ccccc2n1)C(CCO)c1ccccc1. The largest absolute Gasteiger partial charge is 0.396 e. The molecule has 0 aliphatic rings. The molecule has 1 unspecified atom stereocenters. The Bertz CT molecular complexity index is 807. The molecule has 1 atom stereocenters. The van der Waals surface area contributed by atoms with Crippen LogP contribution in [0.1, 0.15) is 23.9 Å². The van der Waals surface area contributed by atoms with Crippen molar-refractivity contribution in [2.24, 2.45) is 0 Å². The van der Waals surface area contributed by atoms with Crippen molar-refractivity contribution in [1.29, 1.82) is 0 Å². The summed E-state index contributed by atoms with van der Waals surface area (Å²) in [6, 6.07) is 18.0. The zero-order valence-corrected chi connectivity index (χ0v) is 13.8. The summed E-state index contributed by atoms with van der Waals surface area (Å²) in [6.45, 7) is 0.694. The number of fused-ring (bicyclic) bond motifs is 1. The third kappa shape index (κ3) is 3.53. The van der Waals surface area contributed by atoms with Crippen molar-refractivity contribution in [1.82, 2.24) is 14.9 Å². The second-order valence-corrected chi connectivity index (χ2v) is 5.90. The number of hydrogen-bond acceptors (Lipinski definition) is 5. The molecule has 0 aliphatic heterocycles. The molecule has 1 heterocycles. The molecular weight excluding hydrogens is 300 g/mol. The van der Waals surface area contributed by atoms with Crippen molar-refractivity contribution >= 4 is 16.7 Å². The van der Waals surface area contributed by atoms with Gasteiger partial charge in [0.2, 0.25) is 0 Å². The van der Waals surface area contributed by atoms with E-state index >= 15 is 0 Å². The number of nitrogens with zero attached hydrogens (tertiary/aromatic N) is 3. The third-order valence-electron chi connectivity index (χ3n) is 4.19. The van der Waals surface area contributed by atoms with Gasteiger partial charge in [-0.1, -0.05) is 42.5 Å². The van der Waals surface area contributed by atoms with Crippen LogP contribution >= 0.6 is 0 Å². The predicted octanol–water partition coefficient (Wildman–Crippen LogP) is 2.77. The van der Waals surface area contributed by atoms with Gasteiger partial charge >= 0.3 is 0 Å². The van der Waals surface area contributed by atoms with Crippen molar-refractivity contribution in [3.05, 3.63) is 66.0 Å². The molecule has 0 aliphatic carbocycles. The van der Waals surface area contributed by atoms with Gasteiger partial charge in [0.15, 0.2) is 0 Å². The maximum atomic E-state index is 9.42. The molecule has 0 amide bonds. The smallest absolute Gasteiger partial charge is 0.145 e. The average molecular weight is 322 g/mol. The Morgan fingerprint density at radius 2 is 1.75 bits per heavy atom. The molecule has 0 fully saturated rings. The van der Waals surface area contributed by atoms with Gasteiger partial charge < -0.3 is 10.8 Å². The summed E-state index contributed by atoms with van der Waals surface area (Å²) < 4.78 is 0. The van der Waals surface area contributed by atoms with Gasteiger partial charge in [0, 0.05) is 18.0 Å². The molecule has 3 aromatic rings. The number of aromatic nitrogens is 2. The lowest BCUT2D eigenvalue weighted by Gasteiger charge is -2.27. The van der Waals surface area contributed by atoms with Crippen LogP contribution < -0.4 is 5.73 Å². The van der Waals surface area contributed by atoms with Gasteiger partial charge in [-0.15, -0.1) is 0 Å². The van der Waals surface area contributed by atoms with Gasteiger partial charge in [0.05, 0.1) is 12.1 Å². The second kappa shape index (κ2) is 7.38. The number of benzene rings is 2. The number of nitrogens with two attached hydrogens (primary N) is 1. The number of nitrogen functional groups attached to an aromatic ring is 1. The van der Waals surface area contributed by atoms with Gasteiger partial charge in [-0.3, -0.25) is 4.90 Å². The first-order valence-corrected chi connectivity index (χ1v) is 8.06. The quantitative estimate of drug-likeness (QED) is 0.730. The van der Waals surface area contributed by atoms with Crippen molar-refractivity contribution in [3.63, 3.8) is 0 Å². The number of para-hydroxylation sites is 1. The fourth-order valence-electron chi connectivity index (χ4n) is 2.99. The first-order valence-electron chi connectivity index (χ1n) is 8.06. The zero-order chi connectivity index (χ0) is 16.9. The Hall–Kier alpha value is -2.50. The molecule has 0 radical (unpaired) electrons. The maximum Gasteiger partial charge on any atom is 0.145 e. The summed E-state index contributed by atoms with van der Waals surface area (Å²) in [4.78, 5) is 11.2. The first-order chi connectivity index (χ1) is 11.7. The topological polar surface area (TPSA) is 75.3 Å². The van der Waals surface area contributed by atoms with Crippen LogP contribution in [0, 0.1) is 0 Å². The van der Waals surface area contributed by atoms with Crippen LogP contribution in [0.15, 0.2) is 54.6 Å². The normalized spacial score (nSPS) is 12.6. The summed E-state index contributed by atoms with van der Waals surface area (Å²) in [5, 5.41) is 10.3. The molecule has 0 spiro atoms. The minimum absolute atomic E-state index is 0.104. The van der Waals surface area contributed by atoms with E-state index in [0.29, 0.717) is 24.6 Å². The number of aliphatic hydroxyl groups excluding tert-OH is 1. The van der Waals surface area contributed by atoms with Crippen LogP contribution in [0.5, 0.6) is 0 Å². The van der Waals surface area contributed by atoms with Gasteiger partial charge in [-0.25, -0.2) is 9.97 Å². The number of hydrogen-bond donors (Lipinski definition) is 2. The lowest BCUT2D eigenvalue weighted by Crippen LogP contribution is -2.26. The summed E-state index contributed by atoms with van der Waals surface area (Å²) in [5.41, 5.74) is 8.09. The Labute approximate surface area is 141 Å². The fraction of sp³-hybridized carbons (Fsp3) is 0.263. The average Bonchev–Trinajstić information content (AvgIpc) is 2.60. The van der Waals surface area contributed by atoms with E-state index in [1.807, 2.05) is 49.5 Å². The standard InChI is InChI=1S/C19H22N4O/c1-23(17(11-12-24)14-7-3-2-4-8-14)13-18-21-16-10-6-5-9-15(16)19(20)22-18/h2-10,17,24H,11-13H2,1H3,(H2,20,21,22). The summed E-state index contributed by atoms with van der Waals surface area (Å²) in [5.74, 6) is 1.19. The van der Waals surface area contributed by atoms with E-state index in [4.69, 9.17) is 5.73 Å². The minimum Gasteiger partial charge on any atom is -0.396 e. The lowest BCUT2D eigenvalue weighted by atomic mass is 10.0. The molecule has 0 saturated carbocycles. The van der Waals surface area contributed by atoms with Crippen molar-refractivity contribution in [3.8, 4) is 0 Å². The Kier molecular flexibility index (Phi) is 5.03. The molecule has 0 saturated heterocycles. The highest BCUT2D eigenvalue weighted by molar-refractivity contribution is 5.87. The van der Waals surface area contributed by atoms with Crippen LogP contribution in [-0.2, 0) is 6.54 Å². The second-order valence-electron chi connectivity index (χ2n) is 5.90. The Morgan fingerprint density at radius 1 is 1.04 bits per heavy atom. The third-order valence-corrected chi connectivity index (χ3v) is 4.19. The predicted molar refractivity (Wildman–Crippen MR) is 96.3 cm³/mol. The summed E-state index contributed by atoms with van der Waals surface area (Å²) >= 11 is 0. The zero-order valence-electron chi connectivity index (χ0n) is 13.8. The maximum absolute atomic E-state index is 9.42. The van der Waals surface area contributed by atoms with Crippen LogP contribution in [0.2, 0.25) is 0 Å². The highest BCUT2D eigenvalue weighted by Crippen LogP contribution is 2.25. The summed E-state index contributed by atoms with van der Waals surface area (Å²) in [6.07, 6.45) is 0.656. The molecule has 3 N–H and O–H groups in total. The monoisotopic (exact) mass is 322 g/mol. The van der Waals surface area contributed by atoms with Gasteiger partial charge in [-0.05, 0) is 31.2 Å². The number of anilines is 1. The minimum atomic E-state index is 0.104. The molecule has 3 rings (SSSR count). The molecule has 0 bridgehead atoms. The van der Waals surface area contributed by atoms with E-state index in [-0.39, 0.29) is 12.6 Å². The van der Waals surface area contributed by atoms with Gasteiger partial charge in [0.25, 0.3) is 0 Å². The van der Waals surface area contributed by atoms with E-state index in [0.717, 1.165) is 10.9 Å². The van der Waals surface area contributed by atoms with Crippen LogP contribution in [-0.4, -0.2) is 33.6 Å². The number of aliphatic hydroxyl groups is 1. The Morgan fingerprint density at radius 3 is 2.50 bits per heavy atom. The number of rotatable bonds is 6. The molecule has 5 heteroatoms. The molecular formula is C19H22N4O. The molecule has 5 nitrogen and oxygen atoms in total. The molecule has 124 valence electrons. The van der Waals surface area contributed by atoms with Gasteiger partial charge in [-0.2, -0.15) is 0 Å². The first kappa shape index (κ1) is 16.4. The van der Waals surface area contributed by atoms with Crippen molar-refractivity contribution < 1.29 is 5.11 Å². The van der Waals surface area contributed by atoms with E-state index in [1.165, 1.54) is 5.56 Å². The van der Waals surface area contributed by atoms with Crippen molar-refractivity contribution in [2.75, 3.05) is 19.4 Å². The van der Waals surface area contributed by atoms with E-state index in [1.54, 1.807) is 0 Å². The molecule has 1 aromatic heterocycles. The van der Waals surface area contributed by atoms with Crippen LogP contribution in [0.4, 0.5) is 5.82 Å². The van der Waals surface area contributed by atoms with Crippen LogP contribution in [0.25, 0.3) is 10.9 Å². The van der Waals surface area contributed by atoms with Gasteiger partial charge in [0.1, 0.15) is 11.6 Å². The molecule has 24 heavy (non-hydrogen) atoms. The summed E-state index contributed by atoms with van der Waals surface area (Å²) in [7, 11) is 2.02. The lowest BCUT2D eigenvalue weighted by molar-refractivity contribution is 0.177. The highest BCUT2D eigenvalue weighted by atomic mass is 16.3.